The zero-order valence-corrected chi connectivity index (χ0v) is 16.9. The molecule has 0 bridgehead atoms. The average molecular weight is 456 g/mol. The van der Waals surface area contributed by atoms with E-state index >= 15 is 4.39 Å². The highest BCUT2D eigenvalue weighted by atomic mass is 19.4. The largest absolute Gasteiger partial charge is 0.416 e. The van der Waals surface area contributed by atoms with Crippen molar-refractivity contribution >= 4 is 16.7 Å². The van der Waals surface area contributed by atoms with Gasteiger partial charge in [-0.1, -0.05) is 0 Å². The fourth-order valence-electron chi connectivity index (χ4n) is 3.94. The number of hydrogen-bond acceptors (Lipinski definition) is 3. The fourth-order valence-corrected chi connectivity index (χ4v) is 3.94. The maximum Gasteiger partial charge on any atom is 0.416 e. The molecule has 0 atom stereocenters. The number of alkyl halides is 3. The molecular weight excluding hydrogens is 440 g/mol. The van der Waals surface area contributed by atoms with Crippen molar-refractivity contribution in [3.05, 3.63) is 76.2 Å². The first-order chi connectivity index (χ1) is 15.6. The third-order valence-corrected chi connectivity index (χ3v) is 5.70. The van der Waals surface area contributed by atoms with E-state index in [4.69, 9.17) is 5.73 Å². The number of halogens is 4. The van der Waals surface area contributed by atoms with Gasteiger partial charge in [0.25, 0.3) is 5.56 Å². The number of fused-ring (bicyclic) bond motifs is 1. The van der Waals surface area contributed by atoms with E-state index in [1.54, 1.807) is 23.1 Å². The summed E-state index contributed by atoms with van der Waals surface area (Å²) in [6, 6.07) is 5.75. The summed E-state index contributed by atoms with van der Waals surface area (Å²) < 4.78 is 56.7. The minimum absolute atomic E-state index is 0.0767. The van der Waals surface area contributed by atoms with Gasteiger partial charge in [0.1, 0.15) is 5.82 Å². The van der Waals surface area contributed by atoms with Gasteiger partial charge in [-0.15, -0.1) is 0 Å². The van der Waals surface area contributed by atoms with Crippen molar-refractivity contribution in [2.45, 2.75) is 25.1 Å². The van der Waals surface area contributed by atoms with Crippen molar-refractivity contribution in [1.82, 2.24) is 14.8 Å². The van der Waals surface area contributed by atoms with Crippen LogP contribution in [-0.2, 0) is 6.18 Å². The monoisotopic (exact) mass is 456 g/mol. The van der Waals surface area contributed by atoms with Gasteiger partial charge >= 0.3 is 6.18 Å². The second-order valence-corrected chi connectivity index (χ2v) is 7.97. The first kappa shape index (κ1) is 20.9. The average Bonchev–Trinajstić information content (AvgIpc) is 3.49. The number of aromatic amines is 1. The summed E-state index contributed by atoms with van der Waals surface area (Å²) in [6.07, 6.45) is 1.86. The number of nitrogens with two attached hydrogens (primary N) is 1. The van der Waals surface area contributed by atoms with Crippen LogP contribution in [0.15, 0.2) is 53.7 Å². The molecule has 1 aliphatic carbocycles. The molecule has 6 nitrogen and oxygen atoms in total. The Labute approximate surface area is 183 Å². The van der Waals surface area contributed by atoms with Crippen molar-refractivity contribution in [2.24, 2.45) is 5.73 Å². The first-order valence-corrected chi connectivity index (χ1v) is 10.0. The van der Waals surface area contributed by atoms with Crippen molar-refractivity contribution in [2.75, 3.05) is 0 Å². The third-order valence-electron chi connectivity index (χ3n) is 5.70. The zero-order chi connectivity index (χ0) is 23.5. The Morgan fingerprint density at radius 3 is 2.55 bits per heavy atom. The van der Waals surface area contributed by atoms with Gasteiger partial charge in [-0.3, -0.25) is 14.3 Å². The Hall–Kier alpha value is -3.95. The maximum atomic E-state index is 15.2. The molecule has 10 heteroatoms. The Balaban J connectivity index is 1.81. The second kappa shape index (κ2) is 7.29. The van der Waals surface area contributed by atoms with Crippen molar-refractivity contribution in [3.8, 4) is 22.3 Å². The highest BCUT2D eigenvalue weighted by molar-refractivity contribution is 6.07. The van der Waals surface area contributed by atoms with E-state index in [9.17, 15) is 22.8 Å². The van der Waals surface area contributed by atoms with Gasteiger partial charge < -0.3 is 10.7 Å². The van der Waals surface area contributed by atoms with Crippen molar-refractivity contribution in [3.63, 3.8) is 0 Å². The van der Waals surface area contributed by atoms with Crippen LogP contribution in [0.3, 0.4) is 0 Å². The van der Waals surface area contributed by atoms with E-state index in [1.807, 2.05) is 0 Å². The molecule has 0 radical (unpaired) electrons. The van der Waals surface area contributed by atoms with Crippen molar-refractivity contribution < 1.29 is 22.4 Å². The standard InChI is InChI=1S/C23H16F4N4O2/c24-19-8-13(23(25,26)27)7-18(21(28)32)20(19)16-5-11(6-17-15(16)3-4-29-22(17)33)12-9-30-31(10-12)14-1-2-14/h3-10,14H,1-2H2,(H2,28,32)(H,29,33). The highest BCUT2D eigenvalue weighted by Gasteiger charge is 2.34. The Kier molecular flexibility index (Phi) is 4.62. The molecule has 2 aromatic carbocycles. The Bertz CT molecular complexity index is 1480. The number of carbonyl (C=O) groups is 1. The number of nitrogens with zero attached hydrogens (tertiary/aromatic N) is 2. The molecule has 0 aliphatic heterocycles. The molecule has 0 unspecified atom stereocenters. The van der Waals surface area contributed by atoms with Gasteiger partial charge in [0, 0.05) is 28.9 Å². The predicted octanol–water partition coefficient (Wildman–Crippen LogP) is 4.65. The lowest BCUT2D eigenvalue weighted by Gasteiger charge is -2.16. The number of H-pyrrole nitrogens is 1. The number of rotatable bonds is 4. The van der Waals surface area contributed by atoms with Crippen LogP contribution >= 0.6 is 0 Å². The van der Waals surface area contributed by atoms with Crippen LogP contribution in [-0.4, -0.2) is 20.7 Å². The molecule has 2 heterocycles. The molecule has 33 heavy (non-hydrogen) atoms. The third kappa shape index (κ3) is 3.67. The van der Waals surface area contributed by atoms with Gasteiger partial charge in [0.2, 0.25) is 5.91 Å². The number of benzene rings is 2. The number of nitrogens with one attached hydrogen (secondary N) is 1. The number of carbonyl (C=O) groups excluding carboxylic acids is 1. The summed E-state index contributed by atoms with van der Waals surface area (Å²) in [7, 11) is 0. The van der Waals surface area contributed by atoms with Gasteiger partial charge in [0.15, 0.2) is 0 Å². The van der Waals surface area contributed by atoms with Crippen molar-refractivity contribution in [1.29, 1.82) is 0 Å². The first-order valence-electron chi connectivity index (χ1n) is 10.0. The van der Waals surface area contributed by atoms with Gasteiger partial charge in [-0.25, -0.2) is 4.39 Å². The summed E-state index contributed by atoms with van der Waals surface area (Å²) in [4.78, 5) is 27.2. The normalized spacial score (nSPS) is 14.1. The molecule has 168 valence electrons. The van der Waals surface area contributed by atoms with E-state index in [1.165, 1.54) is 18.3 Å². The molecule has 1 aliphatic rings. The Morgan fingerprint density at radius 2 is 1.88 bits per heavy atom. The molecule has 1 amide bonds. The smallest absolute Gasteiger partial charge is 0.366 e. The Morgan fingerprint density at radius 1 is 1.12 bits per heavy atom. The summed E-state index contributed by atoms with van der Waals surface area (Å²) in [6.45, 7) is 0. The topological polar surface area (TPSA) is 93.8 Å². The summed E-state index contributed by atoms with van der Waals surface area (Å²) in [5.41, 5.74) is 3.72. The fraction of sp³-hybridized carbons (Fsp3) is 0.174. The maximum absolute atomic E-state index is 15.2. The lowest BCUT2D eigenvalue weighted by atomic mass is 9.90. The van der Waals surface area contributed by atoms with E-state index < -0.39 is 40.2 Å². The number of pyridine rings is 1. The number of primary amides is 1. The van der Waals surface area contributed by atoms with Gasteiger partial charge in [0.05, 0.1) is 23.4 Å². The lowest BCUT2D eigenvalue weighted by Crippen LogP contribution is -2.16. The van der Waals surface area contributed by atoms with Crippen LogP contribution in [0.2, 0.25) is 0 Å². The molecule has 2 aromatic heterocycles. The van der Waals surface area contributed by atoms with Crippen LogP contribution in [0.4, 0.5) is 17.6 Å². The van der Waals surface area contributed by atoms with E-state index in [0.717, 1.165) is 12.8 Å². The molecule has 1 fully saturated rings. The van der Waals surface area contributed by atoms with Crippen LogP contribution in [0.25, 0.3) is 33.0 Å². The summed E-state index contributed by atoms with van der Waals surface area (Å²) in [5.74, 6) is -2.49. The number of amides is 1. The van der Waals surface area contributed by atoms with E-state index in [-0.39, 0.29) is 16.3 Å². The molecule has 0 spiro atoms. The molecule has 0 saturated heterocycles. The summed E-state index contributed by atoms with van der Waals surface area (Å²) >= 11 is 0. The van der Waals surface area contributed by atoms with Crippen LogP contribution in [0.1, 0.15) is 34.8 Å². The van der Waals surface area contributed by atoms with Gasteiger partial charge in [-0.05, 0) is 59.7 Å². The van der Waals surface area contributed by atoms with Crippen LogP contribution in [0.5, 0.6) is 0 Å². The molecule has 1 saturated carbocycles. The van der Waals surface area contributed by atoms with Crippen LogP contribution in [0, 0.1) is 5.82 Å². The minimum atomic E-state index is -4.87. The SMILES string of the molecule is NC(=O)c1cc(C(F)(F)F)cc(F)c1-c1cc(-c2cnn(C3CC3)c2)cc2c(=O)[nH]ccc12. The zero-order valence-electron chi connectivity index (χ0n) is 16.9. The molecule has 3 N–H and O–H groups in total. The second-order valence-electron chi connectivity index (χ2n) is 7.97. The summed E-state index contributed by atoms with van der Waals surface area (Å²) in [5, 5.41) is 4.76. The van der Waals surface area contributed by atoms with Crippen LogP contribution < -0.4 is 11.3 Å². The highest BCUT2D eigenvalue weighted by Crippen LogP contribution is 2.40. The molecule has 5 rings (SSSR count). The molecular formula is C23H16F4N4O2. The van der Waals surface area contributed by atoms with E-state index in [0.29, 0.717) is 29.3 Å². The number of aromatic nitrogens is 3. The van der Waals surface area contributed by atoms with Gasteiger partial charge in [-0.2, -0.15) is 18.3 Å². The van der Waals surface area contributed by atoms with E-state index in [2.05, 4.69) is 10.1 Å². The lowest BCUT2D eigenvalue weighted by molar-refractivity contribution is -0.137. The number of hydrogen-bond donors (Lipinski definition) is 2. The minimum Gasteiger partial charge on any atom is -0.366 e. The quantitative estimate of drug-likeness (QED) is 0.438. The molecule has 4 aromatic rings. The predicted molar refractivity (Wildman–Crippen MR) is 113 cm³/mol.